The van der Waals surface area contributed by atoms with E-state index in [0.29, 0.717) is 12.3 Å². The number of nitrogens with zero attached hydrogens (tertiary/aromatic N) is 2. The molecule has 0 saturated heterocycles. The zero-order chi connectivity index (χ0) is 13.1. The third-order valence-electron chi connectivity index (χ3n) is 3.20. The molecule has 0 radical (unpaired) electrons. The summed E-state index contributed by atoms with van der Waals surface area (Å²) in [7, 11) is 0. The first-order chi connectivity index (χ1) is 8.63. The highest BCUT2D eigenvalue weighted by Crippen LogP contribution is 2.28. The van der Waals surface area contributed by atoms with E-state index < -0.39 is 0 Å². The number of benzene rings is 1. The van der Waals surface area contributed by atoms with Crippen molar-refractivity contribution in [2.24, 2.45) is 0 Å². The first-order valence-corrected chi connectivity index (χ1v) is 6.17. The first-order valence-electron chi connectivity index (χ1n) is 6.17. The van der Waals surface area contributed by atoms with E-state index in [4.69, 9.17) is 0 Å². The van der Waals surface area contributed by atoms with Crippen molar-refractivity contribution in [1.82, 2.24) is 9.78 Å². The van der Waals surface area contributed by atoms with Crippen LogP contribution in [0, 0.1) is 13.8 Å². The molecule has 0 atom stereocenters. The predicted octanol–water partition coefficient (Wildman–Crippen LogP) is 2.84. The molecule has 18 heavy (non-hydrogen) atoms. The van der Waals surface area contributed by atoms with Gasteiger partial charge in [0.25, 0.3) is 0 Å². The van der Waals surface area contributed by atoms with Crippen molar-refractivity contribution >= 4 is 5.69 Å². The lowest BCUT2D eigenvalue weighted by atomic mass is 10.1. The van der Waals surface area contributed by atoms with Crippen LogP contribution in [0.5, 0.6) is 5.75 Å². The molecule has 0 aliphatic heterocycles. The minimum absolute atomic E-state index is 0.365. The third-order valence-corrected chi connectivity index (χ3v) is 3.20. The van der Waals surface area contributed by atoms with Gasteiger partial charge in [0, 0.05) is 24.0 Å². The Balaban J connectivity index is 2.14. The van der Waals surface area contributed by atoms with Crippen molar-refractivity contribution in [2.75, 3.05) is 5.32 Å². The van der Waals surface area contributed by atoms with Crippen molar-refractivity contribution in [2.45, 2.75) is 33.9 Å². The van der Waals surface area contributed by atoms with Gasteiger partial charge in [-0.25, -0.2) is 0 Å². The standard InChI is InChI=1S/C14H19N3O/c1-4-17-12(7-8-16-17)9-15-13-6-5-10(2)14(18)11(13)3/h5-8,15,18H,4,9H2,1-3H3. The van der Waals surface area contributed by atoms with E-state index in [1.807, 2.05) is 36.7 Å². The maximum atomic E-state index is 9.89. The van der Waals surface area contributed by atoms with E-state index in [-0.39, 0.29) is 0 Å². The lowest BCUT2D eigenvalue weighted by molar-refractivity contribution is 0.467. The van der Waals surface area contributed by atoms with E-state index >= 15 is 0 Å². The topological polar surface area (TPSA) is 50.1 Å². The van der Waals surface area contributed by atoms with Crippen LogP contribution in [0.25, 0.3) is 0 Å². The van der Waals surface area contributed by atoms with Crippen LogP contribution in [-0.4, -0.2) is 14.9 Å². The van der Waals surface area contributed by atoms with Gasteiger partial charge < -0.3 is 10.4 Å². The van der Waals surface area contributed by atoms with Crippen LogP contribution in [0.2, 0.25) is 0 Å². The van der Waals surface area contributed by atoms with Crippen LogP contribution in [0.4, 0.5) is 5.69 Å². The predicted molar refractivity (Wildman–Crippen MR) is 72.8 cm³/mol. The summed E-state index contributed by atoms with van der Waals surface area (Å²) < 4.78 is 1.95. The van der Waals surface area contributed by atoms with Crippen molar-refractivity contribution in [3.05, 3.63) is 41.2 Å². The number of aromatic hydroxyl groups is 1. The second kappa shape index (κ2) is 5.12. The number of phenolic OH excluding ortho intramolecular Hbond substituents is 1. The van der Waals surface area contributed by atoms with E-state index in [0.717, 1.165) is 29.1 Å². The Hall–Kier alpha value is -1.97. The average Bonchev–Trinajstić information content (AvgIpc) is 2.82. The molecular weight excluding hydrogens is 226 g/mol. The molecule has 2 N–H and O–H groups in total. The van der Waals surface area contributed by atoms with Gasteiger partial charge in [-0.05, 0) is 38.5 Å². The molecule has 0 unspecified atom stereocenters. The Morgan fingerprint density at radius 1 is 1.28 bits per heavy atom. The summed E-state index contributed by atoms with van der Waals surface area (Å²) in [5, 5.41) is 17.5. The Morgan fingerprint density at radius 3 is 2.78 bits per heavy atom. The number of hydrogen-bond acceptors (Lipinski definition) is 3. The van der Waals surface area contributed by atoms with Gasteiger partial charge in [0.05, 0.1) is 12.2 Å². The minimum atomic E-state index is 0.365. The van der Waals surface area contributed by atoms with Crippen LogP contribution in [0.3, 0.4) is 0 Å². The van der Waals surface area contributed by atoms with Gasteiger partial charge in [-0.1, -0.05) is 6.07 Å². The summed E-state index contributed by atoms with van der Waals surface area (Å²) in [5.74, 6) is 0.365. The monoisotopic (exact) mass is 245 g/mol. The molecule has 2 aromatic rings. The molecule has 0 fully saturated rings. The number of anilines is 1. The molecule has 1 heterocycles. The van der Waals surface area contributed by atoms with Gasteiger partial charge in [0.15, 0.2) is 0 Å². The summed E-state index contributed by atoms with van der Waals surface area (Å²) >= 11 is 0. The highest BCUT2D eigenvalue weighted by molar-refractivity contribution is 5.59. The van der Waals surface area contributed by atoms with Gasteiger partial charge in [0.2, 0.25) is 0 Å². The molecule has 0 aliphatic rings. The lowest BCUT2D eigenvalue weighted by Gasteiger charge is -2.12. The van der Waals surface area contributed by atoms with Gasteiger partial charge in [-0.2, -0.15) is 5.10 Å². The summed E-state index contributed by atoms with van der Waals surface area (Å²) in [5.41, 5.74) is 3.88. The Labute approximate surface area is 107 Å². The molecule has 0 amide bonds. The van der Waals surface area contributed by atoms with Crippen LogP contribution in [0.1, 0.15) is 23.7 Å². The van der Waals surface area contributed by atoms with Gasteiger partial charge >= 0.3 is 0 Å². The fourth-order valence-corrected chi connectivity index (χ4v) is 2.01. The second-order valence-electron chi connectivity index (χ2n) is 4.40. The van der Waals surface area contributed by atoms with Crippen LogP contribution in [-0.2, 0) is 13.1 Å². The largest absolute Gasteiger partial charge is 0.507 e. The number of rotatable bonds is 4. The molecule has 0 bridgehead atoms. The van der Waals surface area contributed by atoms with Gasteiger partial charge in [-0.3, -0.25) is 4.68 Å². The Kier molecular flexibility index (Phi) is 3.55. The molecule has 0 aliphatic carbocycles. The molecule has 1 aromatic carbocycles. The number of hydrogen-bond donors (Lipinski definition) is 2. The fourth-order valence-electron chi connectivity index (χ4n) is 2.01. The molecule has 4 nitrogen and oxygen atoms in total. The summed E-state index contributed by atoms with van der Waals surface area (Å²) in [6.45, 7) is 7.46. The van der Waals surface area contributed by atoms with E-state index in [1.165, 1.54) is 0 Å². The normalized spacial score (nSPS) is 10.6. The van der Waals surface area contributed by atoms with Crippen LogP contribution >= 0.6 is 0 Å². The van der Waals surface area contributed by atoms with Crippen LogP contribution < -0.4 is 5.32 Å². The zero-order valence-corrected chi connectivity index (χ0v) is 11.1. The van der Waals surface area contributed by atoms with Crippen LogP contribution in [0.15, 0.2) is 24.4 Å². The highest BCUT2D eigenvalue weighted by atomic mass is 16.3. The number of nitrogens with one attached hydrogen (secondary N) is 1. The SMILES string of the molecule is CCn1nccc1CNc1ccc(C)c(O)c1C. The smallest absolute Gasteiger partial charge is 0.123 e. The molecule has 96 valence electrons. The van der Waals surface area contributed by atoms with E-state index in [1.54, 1.807) is 6.20 Å². The molecule has 2 rings (SSSR count). The quantitative estimate of drug-likeness (QED) is 0.870. The van der Waals surface area contributed by atoms with Crippen molar-refractivity contribution in [3.63, 3.8) is 0 Å². The van der Waals surface area contributed by atoms with E-state index in [9.17, 15) is 5.11 Å². The number of aryl methyl sites for hydroxylation is 2. The maximum Gasteiger partial charge on any atom is 0.123 e. The molecule has 4 heteroatoms. The van der Waals surface area contributed by atoms with Crippen molar-refractivity contribution in [3.8, 4) is 5.75 Å². The molecule has 0 spiro atoms. The van der Waals surface area contributed by atoms with Crippen molar-refractivity contribution < 1.29 is 5.11 Å². The fraction of sp³-hybridized carbons (Fsp3) is 0.357. The number of phenols is 1. The van der Waals surface area contributed by atoms with Gasteiger partial charge in [-0.15, -0.1) is 0 Å². The first kappa shape index (κ1) is 12.5. The summed E-state index contributed by atoms with van der Waals surface area (Å²) in [4.78, 5) is 0. The summed E-state index contributed by atoms with van der Waals surface area (Å²) in [6.07, 6.45) is 1.81. The highest BCUT2D eigenvalue weighted by Gasteiger charge is 2.06. The third kappa shape index (κ3) is 2.32. The molecule has 1 aromatic heterocycles. The zero-order valence-electron chi connectivity index (χ0n) is 11.1. The lowest BCUT2D eigenvalue weighted by Crippen LogP contribution is -2.08. The minimum Gasteiger partial charge on any atom is -0.507 e. The number of aromatic nitrogens is 2. The molecular formula is C14H19N3O. The molecule has 0 saturated carbocycles. The maximum absolute atomic E-state index is 9.89. The second-order valence-corrected chi connectivity index (χ2v) is 4.40. The van der Waals surface area contributed by atoms with Crippen molar-refractivity contribution in [1.29, 1.82) is 0 Å². The summed E-state index contributed by atoms with van der Waals surface area (Å²) in [6, 6.07) is 5.92. The average molecular weight is 245 g/mol. The van der Waals surface area contributed by atoms with Gasteiger partial charge in [0.1, 0.15) is 5.75 Å². The Bertz CT molecular complexity index is 546. The van der Waals surface area contributed by atoms with E-state index in [2.05, 4.69) is 17.3 Å². The Morgan fingerprint density at radius 2 is 2.06 bits per heavy atom.